The summed E-state index contributed by atoms with van der Waals surface area (Å²) in [6.07, 6.45) is 1.64. The zero-order chi connectivity index (χ0) is 33.4. The molecule has 0 fully saturated rings. The lowest BCUT2D eigenvalue weighted by molar-refractivity contribution is -0.155. The molecule has 1 heterocycles. The van der Waals surface area contributed by atoms with Crippen LogP contribution in [0.25, 0.3) is 5.57 Å². The van der Waals surface area contributed by atoms with Crippen molar-refractivity contribution in [1.82, 2.24) is 4.90 Å². The normalized spacial score (nSPS) is 15.9. The van der Waals surface area contributed by atoms with E-state index in [0.717, 1.165) is 11.1 Å². The van der Waals surface area contributed by atoms with Gasteiger partial charge in [-0.3, -0.25) is 9.59 Å². The molecule has 0 radical (unpaired) electrons. The molecule has 5 rings (SSSR count). The van der Waals surface area contributed by atoms with Crippen molar-refractivity contribution < 1.29 is 33.6 Å². The molecule has 0 bridgehead atoms. The Morgan fingerprint density at radius 2 is 1.34 bits per heavy atom. The number of carbonyl (C=O) groups excluding carboxylic acids is 2. The summed E-state index contributed by atoms with van der Waals surface area (Å²) in [5, 5.41) is 10.7. The summed E-state index contributed by atoms with van der Waals surface area (Å²) >= 11 is 0. The maximum absolute atomic E-state index is 13.8. The van der Waals surface area contributed by atoms with Gasteiger partial charge in [-0.25, -0.2) is 0 Å². The summed E-state index contributed by atoms with van der Waals surface area (Å²) in [6.45, 7) is 5.60. The van der Waals surface area contributed by atoms with Crippen LogP contribution in [0.4, 0.5) is 0 Å². The molecule has 1 amide bonds. The highest BCUT2D eigenvalue weighted by atomic mass is 16.6. The third kappa shape index (κ3) is 8.20. The molecular weight excluding hydrogens is 594 g/mol. The minimum Gasteiger partial charge on any atom is -0.492 e. The molecule has 1 aliphatic rings. The highest BCUT2D eigenvalue weighted by Crippen LogP contribution is 2.48. The van der Waals surface area contributed by atoms with Crippen LogP contribution < -0.4 is 14.2 Å². The predicted molar refractivity (Wildman–Crippen MR) is 180 cm³/mol. The van der Waals surface area contributed by atoms with Crippen LogP contribution in [0.5, 0.6) is 17.2 Å². The van der Waals surface area contributed by atoms with Crippen molar-refractivity contribution in [2.45, 2.75) is 52.0 Å². The summed E-state index contributed by atoms with van der Waals surface area (Å²) in [5.74, 6) is -0.0924. The van der Waals surface area contributed by atoms with Crippen LogP contribution in [0.2, 0.25) is 0 Å². The Hall–Kier alpha value is -5.08. The van der Waals surface area contributed by atoms with Gasteiger partial charge in [0.05, 0.1) is 26.2 Å². The second-order valence-electron chi connectivity index (χ2n) is 12.3. The molecule has 244 valence electrons. The zero-order valence-electron chi connectivity index (χ0n) is 27.2. The molecule has 1 N–H and O–H groups in total. The largest absolute Gasteiger partial charge is 0.492 e. The van der Waals surface area contributed by atoms with Crippen LogP contribution in [0.3, 0.4) is 0 Å². The van der Waals surface area contributed by atoms with E-state index in [1.54, 1.807) is 58.3 Å². The molecule has 0 saturated carbocycles. The molecule has 0 saturated heterocycles. The Bertz CT molecular complexity index is 1680. The smallest absolute Gasteiger partial charge is 0.307 e. The number of hydrogen-bond donors (Lipinski definition) is 1. The first kappa shape index (κ1) is 33.3. The quantitative estimate of drug-likeness (QED) is 0.167. The number of aliphatic hydroxyl groups excluding tert-OH is 1. The Morgan fingerprint density at radius 1 is 0.766 bits per heavy atom. The van der Waals surface area contributed by atoms with E-state index in [-0.39, 0.29) is 25.5 Å². The van der Waals surface area contributed by atoms with E-state index in [1.807, 2.05) is 78.9 Å². The van der Waals surface area contributed by atoms with Gasteiger partial charge in [0, 0.05) is 23.2 Å². The molecule has 0 aliphatic carbocycles. The van der Waals surface area contributed by atoms with Gasteiger partial charge in [0.1, 0.15) is 18.8 Å². The maximum atomic E-state index is 13.8. The van der Waals surface area contributed by atoms with Crippen LogP contribution in [-0.4, -0.2) is 47.2 Å². The number of rotatable bonds is 12. The molecule has 4 aromatic carbocycles. The number of aliphatic hydroxyl groups is 1. The fraction of sp³-hybridized carbons (Fsp3) is 0.282. The zero-order valence-corrected chi connectivity index (χ0v) is 27.2. The molecule has 4 aromatic rings. The molecule has 1 aliphatic heterocycles. The van der Waals surface area contributed by atoms with E-state index >= 15 is 0 Å². The molecule has 8 nitrogen and oxygen atoms in total. The maximum Gasteiger partial charge on any atom is 0.307 e. The van der Waals surface area contributed by atoms with Gasteiger partial charge < -0.3 is 29.0 Å². The van der Waals surface area contributed by atoms with Gasteiger partial charge in [0.2, 0.25) is 5.75 Å². The summed E-state index contributed by atoms with van der Waals surface area (Å²) in [4.78, 5) is 28.5. The minimum absolute atomic E-state index is 0.0669. The second kappa shape index (κ2) is 15.0. The predicted octanol–water partition coefficient (Wildman–Crippen LogP) is 7.06. The molecule has 0 aromatic heterocycles. The lowest BCUT2D eigenvalue weighted by Crippen LogP contribution is -2.40. The third-order valence-corrected chi connectivity index (χ3v) is 7.80. The first-order valence-electron chi connectivity index (χ1n) is 15.7. The van der Waals surface area contributed by atoms with Gasteiger partial charge in [-0.1, -0.05) is 78.9 Å². The van der Waals surface area contributed by atoms with E-state index < -0.39 is 23.5 Å². The number of hydrogen-bond acceptors (Lipinski definition) is 7. The number of amides is 1. The standard InChI is InChI=1S/C39H41NO7/c1-39(2,3)47-35(42)22-31-32(23-40(33(31)24-41)38(43)29-18-12-7-13-19-29)30-20-21-34(45-25-27-14-8-5-9-15-27)37(36(30)44-4)46-26-28-16-10-6-11-17-28/h5-21,23,31,33,41H,22,24-26H2,1-4H3/t31-,33+/m0/s1. The van der Waals surface area contributed by atoms with Crippen molar-refractivity contribution in [3.8, 4) is 17.2 Å². The fourth-order valence-corrected chi connectivity index (χ4v) is 5.66. The summed E-state index contributed by atoms with van der Waals surface area (Å²) in [5.41, 5.74) is 2.94. The van der Waals surface area contributed by atoms with Gasteiger partial charge in [-0.2, -0.15) is 0 Å². The number of benzene rings is 4. The second-order valence-corrected chi connectivity index (χ2v) is 12.3. The number of nitrogens with zero attached hydrogens (tertiary/aromatic N) is 1. The first-order chi connectivity index (χ1) is 22.7. The highest BCUT2D eigenvalue weighted by molar-refractivity contribution is 5.97. The summed E-state index contributed by atoms with van der Waals surface area (Å²) < 4.78 is 24.4. The Kier molecular flexibility index (Phi) is 10.6. The average molecular weight is 636 g/mol. The van der Waals surface area contributed by atoms with Crippen LogP contribution in [0.15, 0.2) is 109 Å². The Balaban J connectivity index is 1.59. The number of methoxy groups -OCH3 is 1. The van der Waals surface area contributed by atoms with Gasteiger partial charge in [-0.15, -0.1) is 0 Å². The van der Waals surface area contributed by atoms with Crippen molar-refractivity contribution in [1.29, 1.82) is 0 Å². The summed E-state index contributed by atoms with van der Waals surface area (Å²) in [7, 11) is 1.55. The van der Waals surface area contributed by atoms with E-state index in [1.165, 1.54) is 4.90 Å². The number of ether oxygens (including phenoxy) is 4. The van der Waals surface area contributed by atoms with Gasteiger partial charge in [0.25, 0.3) is 5.91 Å². The van der Waals surface area contributed by atoms with Crippen molar-refractivity contribution in [3.63, 3.8) is 0 Å². The minimum atomic E-state index is -0.724. The summed E-state index contributed by atoms with van der Waals surface area (Å²) in [6, 6.07) is 31.3. The third-order valence-electron chi connectivity index (χ3n) is 7.80. The molecule has 0 spiro atoms. The Labute approximate surface area is 276 Å². The average Bonchev–Trinajstić information content (AvgIpc) is 3.43. The van der Waals surface area contributed by atoms with Crippen molar-refractivity contribution >= 4 is 17.4 Å². The van der Waals surface area contributed by atoms with Crippen LogP contribution in [0.1, 0.15) is 54.2 Å². The van der Waals surface area contributed by atoms with Crippen molar-refractivity contribution in [3.05, 3.63) is 132 Å². The SMILES string of the molecule is COc1c(C2=CN(C(=O)c3ccccc3)[C@H](CO)[C@H]2CC(=O)OC(C)(C)C)ccc(OCc2ccccc2)c1OCc1ccccc1. The lowest BCUT2D eigenvalue weighted by Gasteiger charge is -2.28. The van der Waals surface area contributed by atoms with Gasteiger partial charge in [0.15, 0.2) is 11.5 Å². The topological polar surface area (TPSA) is 94.5 Å². The van der Waals surface area contributed by atoms with Gasteiger partial charge in [-0.05, 0) is 61.7 Å². The Morgan fingerprint density at radius 3 is 1.89 bits per heavy atom. The van der Waals surface area contributed by atoms with E-state index in [4.69, 9.17) is 18.9 Å². The first-order valence-corrected chi connectivity index (χ1v) is 15.7. The van der Waals surface area contributed by atoms with Crippen LogP contribution in [0, 0.1) is 5.92 Å². The molecule has 0 unspecified atom stereocenters. The van der Waals surface area contributed by atoms with Gasteiger partial charge >= 0.3 is 5.97 Å². The molecular formula is C39H41NO7. The highest BCUT2D eigenvalue weighted by Gasteiger charge is 2.42. The van der Waals surface area contributed by atoms with Crippen LogP contribution >= 0.6 is 0 Å². The lowest BCUT2D eigenvalue weighted by atomic mass is 9.86. The van der Waals surface area contributed by atoms with Crippen LogP contribution in [-0.2, 0) is 22.7 Å². The monoisotopic (exact) mass is 635 g/mol. The molecule has 2 atom stereocenters. The van der Waals surface area contributed by atoms with Crippen molar-refractivity contribution in [2.24, 2.45) is 5.92 Å². The number of esters is 1. The van der Waals surface area contributed by atoms with E-state index in [0.29, 0.717) is 40.6 Å². The number of carbonyl (C=O) groups is 2. The van der Waals surface area contributed by atoms with E-state index in [9.17, 15) is 14.7 Å². The van der Waals surface area contributed by atoms with E-state index in [2.05, 4.69) is 0 Å². The molecule has 8 heteroatoms. The fourth-order valence-electron chi connectivity index (χ4n) is 5.66. The van der Waals surface area contributed by atoms with Crippen molar-refractivity contribution in [2.75, 3.05) is 13.7 Å². The molecule has 47 heavy (non-hydrogen) atoms.